The highest BCUT2D eigenvalue weighted by Crippen LogP contribution is 2.32. The molecule has 0 bridgehead atoms. The summed E-state index contributed by atoms with van der Waals surface area (Å²) in [7, 11) is 1.28. The minimum Gasteiger partial charge on any atom is -0.490 e. The Balaban J connectivity index is 2.00. The third kappa shape index (κ3) is 5.02. The molecular weight excluding hydrogens is 356 g/mol. The van der Waals surface area contributed by atoms with Gasteiger partial charge in [0.05, 0.1) is 24.2 Å². The molecule has 0 fully saturated rings. The van der Waals surface area contributed by atoms with Gasteiger partial charge in [-0.2, -0.15) is 0 Å². The summed E-state index contributed by atoms with van der Waals surface area (Å²) in [4.78, 5) is 34.4. The quantitative estimate of drug-likeness (QED) is 0.432. The molecule has 0 unspecified atom stereocenters. The number of rotatable bonds is 7. The topological polar surface area (TPSA) is 128 Å². The van der Waals surface area contributed by atoms with Crippen molar-refractivity contribution < 1.29 is 29.1 Å². The molecule has 0 saturated heterocycles. The van der Waals surface area contributed by atoms with Crippen LogP contribution in [0.4, 0.5) is 11.4 Å². The number of nitro groups is 1. The Morgan fingerprint density at radius 3 is 2.44 bits per heavy atom. The zero-order chi connectivity index (χ0) is 20.0. The van der Waals surface area contributed by atoms with E-state index >= 15 is 0 Å². The van der Waals surface area contributed by atoms with E-state index in [1.807, 2.05) is 0 Å². The Bertz CT molecular complexity index is 863. The molecule has 9 heteroatoms. The van der Waals surface area contributed by atoms with Crippen molar-refractivity contribution >= 4 is 23.3 Å². The number of amides is 1. The van der Waals surface area contributed by atoms with Gasteiger partial charge in [-0.1, -0.05) is 12.1 Å². The lowest BCUT2D eigenvalue weighted by molar-refractivity contribution is -0.385. The van der Waals surface area contributed by atoms with Crippen LogP contribution in [-0.4, -0.2) is 35.6 Å². The molecule has 0 heterocycles. The monoisotopic (exact) mass is 374 g/mol. The SMILES string of the molecule is COc1cc(NC(=O)COC(=O)c2ccc(CO)cc2)c(C)cc1[N+](=O)[O-]. The van der Waals surface area contributed by atoms with Gasteiger partial charge in [-0.25, -0.2) is 4.79 Å². The lowest BCUT2D eigenvalue weighted by Gasteiger charge is -2.11. The first kappa shape index (κ1) is 19.9. The summed E-state index contributed by atoms with van der Waals surface area (Å²) < 4.78 is 9.90. The molecule has 2 aromatic carbocycles. The molecule has 142 valence electrons. The zero-order valence-corrected chi connectivity index (χ0v) is 14.7. The largest absolute Gasteiger partial charge is 0.490 e. The summed E-state index contributed by atoms with van der Waals surface area (Å²) in [5.74, 6) is -1.29. The lowest BCUT2D eigenvalue weighted by Crippen LogP contribution is -2.21. The van der Waals surface area contributed by atoms with Crippen molar-refractivity contribution in [3.8, 4) is 5.75 Å². The highest BCUT2D eigenvalue weighted by Gasteiger charge is 2.19. The molecule has 2 N–H and O–H groups in total. The number of hydrogen-bond donors (Lipinski definition) is 2. The van der Waals surface area contributed by atoms with Crippen LogP contribution in [0.15, 0.2) is 36.4 Å². The van der Waals surface area contributed by atoms with E-state index in [0.29, 0.717) is 16.8 Å². The molecule has 27 heavy (non-hydrogen) atoms. The zero-order valence-electron chi connectivity index (χ0n) is 14.7. The average molecular weight is 374 g/mol. The molecule has 9 nitrogen and oxygen atoms in total. The maximum Gasteiger partial charge on any atom is 0.338 e. The molecule has 0 aliphatic carbocycles. The third-order valence-electron chi connectivity index (χ3n) is 3.70. The maximum atomic E-state index is 12.0. The second kappa shape index (κ2) is 8.77. The van der Waals surface area contributed by atoms with Crippen molar-refractivity contribution in [2.45, 2.75) is 13.5 Å². The van der Waals surface area contributed by atoms with Crippen LogP contribution in [0, 0.1) is 17.0 Å². The minimum atomic E-state index is -0.687. The number of hydrogen-bond acceptors (Lipinski definition) is 7. The molecule has 1 amide bonds. The number of carbonyl (C=O) groups excluding carboxylic acids is 2. The number of methoxy groups -OCH3 is 1. The van der Waals surface area contributed by atoms with E-state index in [1.54, 1.807) is 19.1 Å². The van der Waals surface area contributed by atoms with Crippen LogP contribution in [0.25, 0.3) is 0 Å². The average Bonchev–Trinajstić information content (AvgIpc) is 2.67. The van der Waals surface area contributed by atoms with E-state index in [4.69, 9.17) is 14.6 Å². The Kier molecular flexibility index (Phi) is 6.45. The molecule has 0 atom stereocenters. The number of aliphatic hydroxyl groups is 1. The number of nitrogens with zero attached hydrogens (tertiary/aromatic N) is 1. The molecule has 0 aliphatic heterocycles. The highest BCUT2D eigenvalue weighted by atomic mass is 16.6. The fraction of sp³-hybridized carbons (Fsp3) is 0.222. The molecule has 0 spiro atoms. The number of carbonyl (C=O) groups is 2. The number of aliphatic hydroxyl groups excluding tert-OH is 1. The van der Waals surface area contributed by atoms with E-state index in [0.717, 1.165) is 0 Å². The second-order valence-electron chi connectivity index (χ2n) is 5.58. The Morgan fingerprint density at radius 1 is 1.22 bits per heavy atom. The maximum absolute atomic E-state index is 12.0. The van der Waals surface area contributed by atoms with Crippen LogP contribution in [-0.2, 0) is 16.1 Å². The van der Waals surface area contributed by atoms with Crippen molar-refractivity contribution in [2.75, 3.05) is 19.0 Å². The van der Waals surface area contributed by atoms with Gasteiger partial charge in [-0.3, -0.25) is 14.9 Å². The fourth-order valence-electron chi connectivity index (χ4n) is 2.26. The lowest BCUT2D eigenvalue weighted by atomic mass is 10.1. The highest BCUT2D eigenvalue weighted by molar-refractivity contribution is 5.96. The molecule has 0 radical (unpaired) electrons. The van der Waals surface area contributed by atoms with Crippen molar-refractivity contribution in [1.29, 1.82) is 0 Å². The number of anilines is 1. The summed E-state index contributed by atoms with van der Waals surface area (Å²) in [5.41, 5.74) is 1.44. The number of nitro benzene ring substituents is 1. The number of benzene rings is 2. The van der Waals surface area contributed by atoms with Gasteiger partial charge in [0.2, 0.25) is 0 Å². The van der Waals surface area contributed by atoms with Gasteiger partial charge in [0.25, 0.3) is 5.91 Å². The van der Waals surface area contributed by atoms with Gasteiger partial charge in [-0.15, -0.1) is 0 Å². The first-order valence-corrected chi connectivity index (χ1v) is 7.85. The van der Waals surface area contributed by atoms with Gasteiger partial charge >= 0.3 is 11.7 Å². The van der Waals surface area contributed by atoms with Crippen molar-refractivity contribution in [3.63, 3.8) is 0 Å². The van der Waals surface area contributed by atoms with Crippen LogP contribution in [0.1, 0.15) is 21.5 Å². The second-order valence-corrected chi connectivity index (χ2v) is 5.58. The number of aryl methyl sites for hydroxylation is 1. The number of esters is 1. The van der Waals surface area contributed by atoms with E-state index in [-0.39, 0.29) is 23.6 Å². The van der Waals surface area contributed by atoms with E-state index in [2.05, 4.69) is 5.32 Å². The van der Waals surface area contributed by atoms with Gasteiger partial charge in [0.15, 0.2) is 12.4 Å². The van der Waals surface area contributed by atoms with E-state index in [9.17, 15) is 19.7 Å². The van der Waals surface area contributed by atoms with Gasteiger partial charge in [0.1, 0.15) is 0 Å². The number of nitrogens with one attached hydrogen (secondary N) is 1. The standard InChI is InChI=1S/C18H18N2O7/c1-11-7-15(20(24)25)16(26-2)8-14(11)19-17(22)10-27-18(23)13-5-3-12(9-21)4-6-13/h3-8,21H,9-10H2,1-2H3,(H,19,22). The van der Waals surface area contributed by atoms with Gasteiger partial charge in [0, 0.05) is 17.8 Å². The van der Waals surface area contributed by atoms with Crippen LogP contribution in [0.2, 0.25) is 0 Å². The summed E-state index contributed by atoms with van der Waals surface area (Å²) in [6.45, 7) is 0.923. The molecular formula is C18H18N2O7. The van der Waals surface area contributed by atoms with Crippen LogP contribution in [0.3, 0.4) is 0 Å². The molecule has 2 aromatic rings. The summed E-state index contributed by atoms with van der Waals surface area (Å²) >= 11 is 0. The Hall–Kier alpha value is -3.46. The summed E-state index contributed by atoms with van der Waals surface area (Å²) in [6.07, 6.45) is 0. The third-order valence-corrected chi connectivity index (χ3v) is 3.70. The summed E-state index contributed by atoms with van der Waals surface area (Å²) in [5, 5.41) is 22.5. The number of ether oxygens (including phenoxy) is 2. The first-order valence-electron chi connectivity index (χ1n) is 7.85. The van der Waals surface area contributed by atoms with Crippen molar-refractivity contribution in [3.05, 3.63) is 63.2 Å². The molecule has 0 aromatic heterocycles. The van der Waals surface area contributed by atoms with Crippen LogP contribution >= 0.6 is 0 Å². The van der Waals surface area contributed by atoms with Crippen LogP contribution < -0.4 is 10.1 Å². The predicted molar refractivity (Wildman–Crippen MR) is 95.7 cm³/mol. The summed E-state index contributed by atoms with van der Waals surface area (Å²) in [6, 6.07) is 8.73. The molecule has 2 rings (SSSR count). The fourth-order valence-corrected chi connectivity index (χ4v) is 2.26. The Morgan fingerprint density at radius 2 is 1.89 bits per heavy atom. The van der Waals surface area contributed by atoms with Crippen molar-refractivity contribution in [2.24, 2.45) is 0 Å². The van der Waals surface area contributed by atoms with Gasteiger partial charge < -0.3 is 19.9 Å². The van der Waals surface area contributed by atoms with Crippen LogP contribution in [0.5, 0.6) is 5.75 Å². The predicted octanol–water partition coefficient (Wildman–Crippen LogP) is 2.20. The first-order chi connectivity index (χ1) is 12.8. The molecule has 0 aliphatic rings. The normalized spacial score (nSPS) is 10.2. The molecule has 0 saturated carbocycles. The van der Waals surface area contributed by atoms with E-state index < -0.39 is 23.4 Å². The van der Waals surface area contributed by atoms with Gasteiger partial charge in [-0.05, 0) is 30.2 Å². The minimum absolute atomic E-state index is 0.00173. The van der Waals surface area contributed by atoms with Crippen molar-refractivity contribution in [1.82, 2.24) is 0 Å². The van der Waals surface area contributed by atoms with E-state index in [1.165, 1.54) is 31.4 Å². The smallest absolute Gasteiger partial charge is 0.338 e. The Labute approximate surface area is 154 Å².